The average molecular weight is 702 g/mol. The fourth-order valence-corrected chi connectivity index (χ4v) is 10.0. The van der Waals surface area contributed by atoms with Crippen molar-refractivity contribution in [2.45, 2.75) is 153 Å². The van der Waals surface area contributed by atoms with Crippen LogP contribution in [0, 0.1) is 35.5 Å². The van der Waals surface area contributed by atoms with Crippen molar-refractivity contribution in [3.8, 4) is 0 Å². The van der Waals surface area contributed by atoms with Gasteiger partial charge < -0.3 is 38.1 Å². The second-order valence-corrected chi connectivity index (χ2v) is 16.2. The first kappa shape index (κ1) is 38.1. The van der Waals surface area contributed by atoms with E-state index in [1.54, 1.807) is 14.2 Å². The molecule has 0 bridgehead atoms. The first-order valence-corrected chi connectivity index (χ1v) is 19.5. The van der Waals surface area contributed by atoms with Gasteiger partial charge in [0.15, 0.2) is 18.4 Å². The van der Waals surface area contributed by atoms with Crippen LogP contribution in [-0.4, -0.2) is 106 Å². The van der Waals surface area contributed by atoms with Crippen LogP contribution in [0.4, 0.5) is 0 Å². The van der Waals surface area contributed by atoms with Crippen molar-refractivity contribution in [2.24, 2.45) is 35.5 Å². The molecular weight excluding hydrogens is 638 g/mol. The molecule has 0 aromatic carbocycles. The molecule has 10 nitrogen and oxygen atoms in total. The molecule has 4 fully saturated rings. The Morgan fingerprint density at radius 2 is 1.62 bits per heavy atom. The molecule has 1 saturated carbocycles. The summed E-state index contributed by atoms with van der Waals surface area (Å²) in [4.78, 5) is 30.3. The Hall–Kier alpha value is -1.66. The summed E-state index contributed by atoms with van der Waals surface area (Å²) in [5, 5.41) is 0. The SMILES string of the molecule is CC[C@@H]1CCC[C@H](O[C@H]2CC[C@H](N(C)C)[C@@H](C)O2)[C@H](C)C(=O)C2=C[C@@H]3[C@@H](C=C[C@@H]4C[C@@H](O[C@@H]5O[C@@H](C)[C@H](OC)C[C@H]5OC)C[C@@H]34)[C@@H]2CC(=O)O1. The zero-order chi connectivity index (χ0) is 35.7. The fraction of sp³-hybridized carbons (Fsp3) is 0.850. The van der Waals surface area contributed by atoms with Crippen LogP contribution < -0.4 is 0 Å². The van der Waals surface area contributed by atoms with E-state index in [4.69, 9.17) is 33.2 Å². The van der Waals surface area contributed by atoms with Gasteiger partial charge in [-0.3, -0.25) is 9.59 Å². The van der Waals surface area contributed by atoms with Gasteiger partial charge in [0.2, 0.25) is 0 Å². The summed E-state index contributed by atoms with van der Waals surface area (Å²) in [6, 6.07) is 0.346. The van der Waals surface area contributed by atoms with Gasteiger partial charge >= 0.3 is 5.97 Å². The minimum atomic E-state index is -0.450. The lowest BCUT2D eigenvalue weighted by molar-refractivity contribution is -0.281. The van der Waals surface area contributed by atoms with Crippen molar-refractivity contribution in [2.75, 3.05) is 28.3 Å². The Balaban J connectivity index is 1.20. The molecule has 6 rings (SSSR count). The van der Waals surface area contributed by atoms with E-state index in [0.717, 1.165) is 63.4 Å². The third kappa shape index (κ3) is 8.12. The number of cyclic esters (lactones) is 1. The molecule has 10 heteroatoms. The van der Waals surface area contributed by atoms with Crippen molar-refractivity contribution in [3.05, 3.63) is 23.8 Å². The third-order valence-corrected chi connectivity index (χ3v) is 13.0. The molecule has 0 unspecified atom stereocenters. The van der Waals surface area contributed by atoms with Crippen molar-refractivity contribution >= 4 is 11.8 Å². The molecule has 50 heavy (non-hydrogen) atoms. The maximum Gasteiger partial charge on any atom is 0.306 e. The maximum absolute atomic E-state index is 14.6. The van der Waals surface area contributed by atoms with E-state index >= 15 is 0 Å². The van der Waals surface area contributed by atoms with Crippen LogP contribution in [0.5, 0.6) is 0 Å². The maximum atomic E-state index is 14.6. The quantitative estimate of drug-likeness (QED) is 0.226. The fourth-order valence-electron chi connectivity index (χ4n) is 10.0. The van der Waals surface area contributed by atoms with E-state index in [2.05, 4.69) is 51.1 Å². The largest absolute Gasteiger partial charge is 0.462 e. The number of allylic oxidation sites excluding steroid dienone is 4. The van der Waals surface area contributed by atoms with Crippen LogP contribution in [-0.2, 0) is 42.7 Å². The third-order valence-electron chi connectivity index (χ3n) is 13.0. The van der Waals surface area contributed by atoms with Gasteiger partial charge in [-0.15, -0.1) is 0 Å². The highest BCUT2D eigenvalue weighted by Gasteiger charge is 2.51. The predicted octanol–water partition coefficient (Wildman–Crippen LogP) is 5.86. The smallest absolute Gasteiger partial charge is 0.306 e. The van der Waals surface area contributed by atoms with Crippen LogP contribution >= 0.6 is 0 Å². The van der Waals surface area contributed by atoms with Crippen LogP contribution in [0.3, 0.4) is 0 Å². The highest BCUT2D eigenvalue weighted by Crippen LogP contribution is 2.54. The Labute approximate surface area is 299 Å². The summed E-state index contributed by atoms with van der Waals surface area (Å²) in [5.74, 6) is 0.214. The second-order valence-electron chi connectivity index (χ2n) is 16.2. The molecule has 0 aromatic rings. The lowest BCUT2D eigenvalue weighted by Gasteiger charge is -2.40. The van der Waals surface area contributed by atoms with Crippen molar-refractivity contribution in [3.63, 3.8) is 0 Å². The molecule has 16 atom stereocenters. The minimum absolute atomic E-state index is 0.0139. The lowest BCUT2D eigenvalue weighted by atomic mass is 9.70. The molecule has 0 aromatic heterocycles. The van der Waals surface area contributed by atoms with Gasteiger partial charge in [-0.05, 0) is 109 Å². The number of carbonyl (C=O) groups is 2. The minimum Gasteiger partial charge on any atom is -0.462 e. The zero-order valence-electron chi connectivity index (χ0n) is 31.7. The standard InChI is InChI=1S/C40H63NO9/c1-9-26-11-10-12-34(50-38-16-15-33(41(5)6)23(3)46-38)22(2)39(43)32-19-30-28(31(32)20-37(42)48-26)14-13-25-17-27(18-29(25)30)49-40-36(45-8)21-35(44-7)24(4)47-40/h13-14,19,22-31,33-36,38,40H,9-12,15-18,20-21H2,1-8H3/t22-,23+,24-,25+,26+,27+,28+,29+,30+,31-,33-,34-,35+,36+,38-,40-/m0/s1. The number of fused-ring (bicyclic) bond motifs is 5. The molecule has 3 aliphatic heterocycles. The van der Waals surface area contributed by atoms with Gasteiger partial charge in [0.25, 0.3) is 0 Å². The Bertz CT molecular complexity index is 1240. The number of rotatable bonds is 8. The average Bonchev–Trinajstić information content (AvgIpc) is 3.67. The van der Waals surface area contributed by atoms with Crippen molar-refractivity contribution in [1.82, 2.24) is 4.90 Å². The number of hydrogen-bond acceptors (Lipinski definition) is 10. The summed E-state index contributed by atoms with van der Waals surface area (Å²) < 4.78 is 43.5. The molecule has 3 heterocycles. The van der Waals surface area contributed by atoms with Gasteiger partial charge in [0, 0.05) is 38.5 Å². The monoisotopic (exact) mass is 701 g/mol. The number of likely N-dealkylation sites (N-methyl/N-ethyl adjacent to an activating group) is 1. The van der Waals surface area contributed by atoms with E-state index in [-0.39, 0.29) is 90.9 Å². The van der Waals surface area contributed by atoms with Gasteiger partial charge in [-0.2, -0.15) is 0 Å². The number of methoxy groups -OCH3 is 2. The van der Waals surface area contributed by atoms with E-state index in [1.165, 1.54) is 0 Å². The van der Waals surface area contributed by atoms with Crippen LogP contribution in [0.15, 0.2) is 23.8 Å². The van der Waals surface area contributed by atoms with Crippen molar-refractivity contribution < 1.29 is 42.7 Å². The topological polar surface area (TPSA) is 102 Å². The molecular formula is C40H63NO9. The van der Waals surface area contributed by atoms with E-state index in [9.17, 15) is 9.59 Å². The zero-order valence-corrected chi connectivity index (χ0v) is 31.7. The van der Waals surface area contributed by atoms with Crippen LogP contribution in [0.25, 0.3) is 0 Å². The summed E-state index contributed by atoms with van der Waals surface area (Å²) >= 11 is 0. The molecule has 0 N–H and O–H groups in total. The number of ketones is 1. The molecule has 3 saturated heterocycles. The number of nitrogens with zero attached hydrogens (tertiary/aromatic N) is 1. The van der Waals surface area contributed by atoms with E-state index < -0.39 is 6.29 Å². The molecule has 3 aliphatic carbocycles. The first-order chi connectivity index (χ1) is 24.0. The second kappa shape index (κ2) is 16.6. The van der Waals surface area contributed by atoms with Crippen LogP contribution in [0.1, 0.15) is 91.9 Å². The van der Waals surface area contributed by atoms with Crippen LogP contribution in [0.2, 0.25) is 0 Å². The molecule has 282 valence electrons. The summed E-state index contributed by atoms with van der Waals surface area (Å²) in [7, 11) is 7.59. The van der Waals surface area contributed by atoms with E-state index in [0.29, 0.717) is 17.9 Å². The van der Waals surface area contributed by atoms with Gasteiger partial charge in [-0.25, -0.2) is 0 Å². The Morgan fingerprint density at radius 1 is 0.840 bits per heavy atom. The molecule has 0 radical (unpaired) electrons. The highest BCUT2D eigenvalue weighted by atomic mass is 16.7. The number of hydrogen-bond donors (Lipinski definition) is 0. The number of ether oxygens (including phenoxy) is 7. The number of Topliss-reactive ketones (excluding diaryl/α,β-unsaturated/α-hetero) is 1. The first-order valence-electron chi connectivity index (χ1n) is 19.5. The van der Waals surface area contributed by atoms with Gasteiger partial charge in [-0.1, -0.05) is 32.1 Å². The lowest BCUT2D eigenvalue weighted by Crippen LogP contribution is -2.49. The van der Waals surface area contributed by atoms with Gasteiger partial charge in [0.1, 0.15) is 12.2 Å². The van der Waals surface area contributed by atoms with Crippen molar-refractivity contribution in [1.29, 1.82) is 0 Å². The Morgan fingerprint density at radius 3 is 2.32 bits per heavy atom. The number of carbonyl (C=O) groups excluding carboxylic acids is 2. The summed E-state index contributed by atoms with van der Waals surface area (Å²) in [6.45, 7) is 8.23. The number of esters is 1. The van der Waals surface area contributed by atoms with E-state index in [1.807, 2.05) is 13.8 Å². The predicted molar refractivity (Wildman–Crippen MR) is 188 cm³/mol. The Kier molecular flexibility index (Phi) is 12.6. The van der Waals surface area contributed by atoms with Gasteiger partial charge in [0.05, 0.1) is 36.9 Å². The molecule has 0 spiro atoms. The normalized spacial score (nSPS) is 45.6. The summed E-state index contributed by atoms with van der Waals surface area (Å²) in [6.07, 6.45) is 12.9. The highest BCUT2D eigenvalue weighted by molar-refractivity contribution is 5.99. The summed E-state index contributed by atoms with van der Waals surface area (Å²) in [5.41, 5.74) is 0.779. The molecule has 0 amide bonds. The molecule has 6 aliphatic rings.